The van der Waals surface area contributed by atoms with Crippen molar-refractivity contribution in [2.45, 2.75) is 44.3 Å². The Morgan fingerprint density at radius 1 is 1.22 bits per heavy atom. The summed E-state index contributed by atoms with van der Waals surface area (Å²) in [5, 5.41) is 8.77. The van der Waals surface area contributed by atoms with Crippen LogP contribution in [0.5, 0.6) is 0 Å². The third-order valence-corrected chi connectivity index (χ3v) is 3.88. The summed E-state index contributed by atoms with van der Waals surface area (Å²) in [6.07, 6.45) is 4.69. The summed E-state index contributed by atoms with van der Waals surface area (Å²) in [4.78, 5) is 2.41. The van der Waals surface area contributed by atoms with Gasteiger partial charge in [0.05, 0.1) is 11.6 Å². The summed E-state index contributed by atoms with van der Waals surface area (Å²) in [7, 11) is 2.18. The largest absolute Gasteiger partial charge is 0.328 e. The van der Waals surface area contributed by atoms with E-state index in [2.05, 4.69) is 18.0 Å². The van der Waals surface area contributed by atoms with E-state index in [4.69, 9.17) is 11.0 Å². The normalized spacial score (nSPS) is 23.9. The van der Waals surface area contributed by atoms with Crippen molar-refractivity contribution in [1.82, 2.24) is 4.90 Å². The Balaban J connectivity index is 1.90. The minimum atomic E-state index is 0.407. The van der Waals surface area contributed by atoms with Crippen molar-refractivity contribution in [2.24, 2.45) is 5.73 Å². The van der Waals surface area contributed by atoms with Crippen LogP contribution in [-0.2, 0) is 6.54 Å². The van der Waals surface area contributed by atoms with Gasteiger partial charge in [-0.1, -0.05) is 12.1 Å². The first kappa shape index (κ1) is 13.1. The van der Waals surface area contributed by atoms with Crippen LogP contribution in [0.1, 0.15) is 36.8 Å². The zero-order valence-corrected chi connectivity index (χ0v) is 11.0. The van der Waals surface area contributed by atoms with Crippen molar-refractivity contribution in [1.29, 1.82) is 5.26 Å². The molecular formula is C15H21N3. The highest BCUT2D eigenvalue weighted by molar-refractivity contribution is 5.31. The van der Waals surface area contributed by atoms with Crippen LogP contribution in [0.2, 0.25) is 0 Å². The number of hydrogen-bond donors (Lipinski definition) is 1. The summed E-state index contributed by atoms with van der Waals surface area (Å²) in [5.74, 6) is 0. The SMILES string of the molecule is CN(Cc1ccc(C#N)cc1)C1CCC(N)CC1. The molecule has 1 saturated carbocycles. The average molecular weight is 243 g/mol. The van der Waals surface area contributed by atoms with Gasteiger partial charge in [-0.25, -0.2) is 0 Å². The number of nitrogens with zero attached hydrogens (tertiary/aromatic N) is 2. The Morgan fingerprint density at radius 2 is 1.83 bits per heavy atom. The third-order valence-electron chi connectivity index (χ3n) is 3.88. The van der Waals surface area contributed by atoms with Crippen LogP contribution in [0, 0.1) is 11.3 Å². The van der Waals surface area contributed by atoms with E-state index in [1.165, 1.54) is 18.4 Å². The number of rotatable bonds is 3. The second-order valence-corrected chi connectivity index (χ2v) is 5.29. The molecule has 0 amide bonds. The molecule has 96 valence electrons. The van der Waals surface area contributed by atoms with Crippen LogP contribution in [0.4, 0.5) is 0 Å². The highest BCUT2D eigenvalue weighted by atomic mass is 15.1. The van der Waals surface area contributed by atoms with Gasteiger partial charge in [-0.3, -0.25) is 4.90 Å². The second kappa shape index (κ2) is 5.99. The topological polar surface area (TPSA) is 53.0 Å². The molecule has 1 aromatic rings. The molecule has 1 aliphatic carbocycles. The molecule has 0 spiro atoms. The van der Waals surface area contributed by atoms with Crippen LogP contribution < -0.4 is 5.73 Å². The number of benzene rings is 1. The zero-order valence-electron chi connectivity index (χ0n) is 11.0. The predicted octanol–water partition coefficient (Wildman–Crippen LogP) is 2.26. The Morgan fingerprint density at radius 3 is 2.39 bits per heavy atom. The van der Waals surface area contributed by atoms with E-state index in [0.29, 0.717) is 12.1 Å². The van der Waals surface area contributed by atoms with Crippen LogP contribution in [0.15, 0.2) is 24.3 Å². The lowest BCUT2D eigenvalue weighted by molar-refractivity contribution is 0.176. The van der Waals surface area contributed by atoms with Crippen molar-refractivity contribution in [2.75, 3.05) is 7.05 Å². The fourth-order valence-corrected chi connectivity index (χ4v) is 2.64. The standard InChI is InChI=1S/C15H21N3/c1-18(15-8-6-14(17)7-9-15)11-13-4-2-12(10-16)3-5-13/h2-5,14-15H,6-9,11,17H2,1H3. The second-order valence-electron chi connectivity index (χ2n) is 5.29. The van der Waals surface area contributed by atoms with Crippen molar-refractivity contribution >= 4 is 0 Å². The molecule has 3 nitrogen and oxygen atoms in total. The highest BCUT2D eigenvalue weighted by Crippen LogP contribution is 2.22. The highest BCUT2D eigenvalue weighted by Gasteiger charge is 2.21. The molecule has 18 heavy (non-hydrogen) atoms. The van der Waals surface area contributed by atoms with Gasteiger partial charge in [-0.05, 0) is 50.4 Å². The Hall–Kier alpha value is -1.37. The van der Waals surface area contributed by atoms with Crippen molar-refractivity contribution in [3.8, 4) is 6.07 Å². The molecule has 0 bridgehead atoms. The number of nitrogens with two attached hydrogens (primary N) is 1. The van der Waals surface area contributed by atoms with E-state index < -0.39 is 0 Å². The van der Waals surface area contributed by atoms with Gasteiger partial charge in [-0.15, -0.1) is 0 Å². The molecule has 1 aliphatic rings. The van der Waals surface area contributed by atoms with E-state index in [1.54, 1.807) is 0 Å². The quantitative estimate of drug-likeness (QED) is 0.886. The first-order chi connectivity index (χ1) is 8.69. The Labute approximate surface area is 109 Å². The van der Waals surface area contributed by atoms with Gasteiger partial charge in [0.15, 0.2) is 0 Å². The third kappa shape index (κ3) is 3.32. The average Bonchev–Trinajstić information content (AvgIpc) is 2.40. The Kier molecular flexibility index (Phi) is 4.35. The van der Waals surface area contributed by atoms with E-state index in [9.17, 15) is 0 Å². The van der Waals surface area contributed by atoms with Gasteiger partial charge in [0.2, 0.25) is 0 Å². The van der Waals surface area contributed by atoms with Crippen LogP contribution in [-0.4, -0.2) is 24.0 Å². The monoisotopic (exact) mass is 243 g/mol. The van der Waals surface area contributed by atoms with E-state index in [1.807, 2.05) is 24.3 Å². The molecule has 0 heterocycles. The molecule has 0 atom stereocenters. The molecular weight excluding hydrogens is 222 g/mol. The fourth-order valence-electron chi connectivity index (χ4n) is 2.64. The van der Waals surface area contributed by atoms with Gasteiger partial charge in [0, 0.05) is 18.6 Å². The molecule has 1 fully saturated rings. The molecule has 0 aromatic heterocycles. The van der Waals surface area contributed by atoms with Crippen molar-refractivity contribution in [3.63, 3.8) is 0 Å². The van der Waals surface area contributed by atoms with Crippen LogP contribution in [0.25, 0.3) is 0 Å². The predicted molar refractivity (Wildman–Crippen MR) is 72.9 cm³/mol. The summed E-state index contributed by atoms with van der Waals surface area (Å²) < 4.78 is 0. The van der Waals surface area contributed by atoms with Crippen molar-refractivity contribution < 1.29 is 0 Å². The molecule has 0 unspecified atom stereocenters. The zero-order chi connectivity index (χ0) is 13.0. The lowest BCUT2D eigenvalue weighted by Gasteiger charge is -2.33. The minimum Gasteiger partial charge on any atom is -0.328 e. The van der Waals surface area contributed by atoms with Crippen molar-refractivity contribution in [3.05, 3.63) is 35.4 Å². The molecule has 2 N–H and O–H groups in total. The lowest BCUT2D eigenvalue weighted by atomic mass is 9.91. The van der Waals surface area contributed by atoms with Gasteiger partial charge in [-0.2, -0.15) is 5.26 Å². The summed E-state index contributed by atoms with van der Waals surface area (Å²) in [6.45, 7) is 0.950. The summed E-state index contributed by atoms with van der Waals surface area (Å²) in [5.41, 5.74) is 7.93. The molecule has 0 saturated heterocycles. The molecule has 0 aliphatic heterocycles. The first-order valence-corrected chi connectivity index (χ1v) is 6.64. The fraction of sp³-hybridized carbons (Fsp3) is 0.533. The van der Waals surface area contributed by atoms with E-state index in [-0.39, 0.29) is 0 Å². The van der Waals surface area contributed by atoms with Crippen LogP contribution in [0.3, 0.4) is 0 Å². The summed E-state index contributed by atoms with van der Waals surface area (Å²) in [6, 6.07) is 11.1. The summed E-state index contributed by atoms with van der Waals surface area (Å²) >= 11 is 0. The number of hydrogen-bond acceptors (Lipinski definition) is 3. The van der Waals surface area contributed by atoms with E-state index >= 15 is 0 Å². The van der Waals surface area contributed by atoms with E-state index in [0.717, 1.165) is 24.9 Å². The minimum absolute atomic E-state index is 0.407. The number of nitriles is 1. The molecule has 0 radical (unpaired) electrons. The Bertz CT molecular complexity index is 410. The lowest BCUT2D eigenvalue weighted by Crippen LogP contribution is -2.38. The first-order valence-electron chi connectivity index (χ1n) is 6.64. The molecule has 3 heteroatoms. The molecule has 1 aromatic carbocycles. The molecule has 2 rings (SSSR count). The maximum atomic E-state index is 8.77. The maximum absolute atomic E-state index is 8.77. The van der Waals surface area contributed by atoms with Crippen LogP contribution >= 0.6 is 0 Å². The van der Waals surface area contributed by atoms with Gasteiger partial charge >= 0.3 is 0 Å². The van der Waals surface area contributed by atoms with Gasteiger partial charge in [0.25, 0.3) is 0 Å². The smallest absolute Gasteiger partial charge is 0.0991 e. The van der Waals surface area contributed by atoms with Gasteiger partial charge in [0.1, 0.15) is 0 Å². The van der Waals surface area contributed by atoms with Gasteiger partial charge < -0.3 is 5.73 Å². The maximum Gasteiger partial charge on any atom is 0.0991 e.